The van der Waals surface area contributed by atoms with Crippen molar-refractivity contribution in [2.45, 2.75) is 25.9 Å². The molecule has 0 spiro atoms. The Morgan fingerprint density at radius 3 is 2.89 bits per heavy atom. The highest BCUT2D eigenvalue weighted by Crippen LogP contribution is 2.25. The molecule has 0 aliphatic carbocycles. The Kier molecular flexibility index (Phi) is 3.57. The Morgan fingerprint density at radius 2 is 2.33 bits per heavy atom. The molecule has 2 N–H and O–H groups in total. The van der Waals surface area contributed by atoms with Gasteiger partial charge in [-0.1, -0.05) is 11.3 Å². The van der Waals surface area contributed by atoms with Crippen molar-refractivity contribution in [1.82, 2.24) is 24.8 Å². The van der Waals surface area contributed by atoms with Gasteiger partial charge in [0.05, 0.1) is 11.7 Å². The Bertz CT molecular complexity index is 539. The van der Waals surface area contributed by atoms with Crippen LogP contribution in [0.25, 0.3) is 11.4 Å². The Balaban J connectivity index is 2.53. The van der Waals surface area contributed by atoms with Crippen LogP contribution in [-0.2, 0) is 13.6 Å². The summed E-state index contributed by atoms with van der Waals surface area (Å²) in [5, 5.41) is 12.5. The zero-order valence-electron chi connectivity index (χ0n) is 10.7. The van der Waals surface area contributed by atoms with Gasteiger partial charge in [-0.15, -0.1) is 11.7 Å². The van der Waals surface area contributed by atoms with Crippen molar-refractivity contribution >= 4 is 0 Å². The molecule has 0 saturated carbocycles. The molecule has 6 heteroatoms. The van der Waals surface area contributed by atoms with Crippen LogP contribution in [0.5, 0.6) is 0 Å². The highest BCUT2D eigenvalue weighted by Gasteiger charge is 2.19. The van der Waals surface area contributed by atoms with E-state index in [1.165, 1.54) is 0 Å². The second-order valence-corrected chi connectivity index (χ2v) is 4.25. The molecule has 1 atom stereocenters. The zero-order valence-corrected chi connectivity index (χ0v) is 10.7. The van der Waals surface area contributed by atoms with Gasteiger partial charge in [0.1, 0.15) is 11.4 Å². The quantitative estimate of drug-likeness (QED) is 0.806. The van der Waals surface area contributed by atoms with Crippen LogP contribution in [0.1, 0.15) is 25.1 Å². The molecule has 0 aromatic carbocycles. The summed E-state index contributed by atoms with van der Waals surface area (Å²) >= 11 is 0. The van der Waals surface area contributed by atoms with Crippen molar-refractivity contribution in [2.24, 2.45) is 12.8 Å². The Hall–Kier alpha value is -1.95. The molecular formula is C12H18N6. The van der Waals surface area contributed by atoms with Gasteiger partial charge in [0.25, 0.3) is 0 Å². The van der Waals surface area contributed by atoms with Crippen LogP contribution in [-0.4, -0.2) is 24.8 Å². The predicted octanol–water partition coefficient (Wildman–Crippen LogP) is 1.27. The summed E-state index contributed by atoms with van der Waals surface area (Å²) in [5.74, 6) is 0. The molecule has 0 amide bonds. The molecule has 0 saturated heterocycles. The first kappa shape index (κ1) is 12.5. The second-order valence-electron chi connectivity index (χ2n) is 4.25. The van der Waals surface area contributed by atoms with E-state index in [1.54, 1.807) is 10.9 Å². The largest absolute Gasteiger partial charge is 0.325 e. The molecule has 0 aliphatic rings. The van der Waals surface area contributed by atoms with Crippen LogP contribution in [0.3, 0.4) is 0 Å². The predicted molar refractivity (Wildman–Crippen MR) is 69.6 cm³/mol. The molecule has 0 bridgehead atoms. The molecule has 6 nitrogen and oxygen atoms in total. The van der Waals surface area contributed by atoms with Gasteiger partial charge in [0.2, 0.25) is 0 Å². The monoisotopic (exact) mass is 246 g/mol. The van der Waals surface area contributed by atoms with Crippen molar-refractivity contribution < 1.29 is 0 Å². The highest BCUT2D eigenvalue weighted by atomic mass is 15.5. The van der Waals surface area contributed by atoms with E-state index < -0.39 is 0 Å². The summed E-state index contributed by atoms with van der Waals surface area (Å²) in [4.78, 5) is 0. The number of hydrogen-bond acceptors (Lipinski definition) is 4. The normalized spacial score (nSPS) is 12.6. The molecule has 18 heavy (non-hydrogen) atoms. The number of nitrogens with two attached hydrogens (primary N) is 1. The molecule has 2 aromatic rings. The summed E-state index contributed by atoms with van der Waals surface area (Å²) in [5.41, 5.74) is 8.42. The maximum atomic E-state index is 5.73. The third-order valence-electron chi connectivity index (χ3n) is 2.95. The van der Waals surface area contributed by atoms with Crippen molar-refractivity contribution in [3.05, 3.63) is 30.6 Å². The maximum Gasteiger partial charge on any atom is 0.111 e. The Labute approximate surface area is 106 Å². The van der Waals surface area contributed by atoms with E-state index in [0.717, 1.165) is 23.5 Å². The third kappa shape index (κ3) is 2.06. The molecule has 96 valence electrons. The van der Waals surface area contributed by atoms with E-state index in [4.69, 9.17) is 5.73 Å². The van der Waals surface area contributed by atoms with E-state index in [2.05, 4.69) is 28.9 Å². The van der Waals surface area contributed by atoms with Gasteiger partial charge in [-0.25, -0.2) is 4.68 Å². The number of aryl methyl sites for hydroxylation is 1. The fraction of sp³-hybridized carbons (Fsp3) is 0.417. The summed E-state index contributed by atoms with van der Waals surface area (Å²) in [6.07, 6.45) is 4.46. The second kappa shape index (κ2) is 5.14. The number of aromatic nitrogens is 5. The number of allylic oxidation sites excluding steroid dienone is 1. The minimum atomic E-state index is 0.195. The van der Waals surface area contributed by atoms with Crippen LogP contribution in [0.4, 0.5) is 0 Å². The third-order valence-corrected chi connectivity index (χ3v) is 2.95. The first-order valence-corrected chi connectivity index (χ1v) is 5.92. The zero-order chi connectivity index (χ0) is 13.1. The van der Waals surface area contributed by atoms with Crippen molar-refractivity contribution in [3.63, 3.8) is 0 Å². The SMILES string of the molecule is C=CCC(C)n1nnc(CN)c1-c1ccnn1C. The molecular weight excluding hydrogens is 228 g/mol. The van der Waals surface area contributed by atoms with Gasteiger partial charge in [-0.05, 0) is 19.4 Å². The minimum absolute atomic E-state index is 0.195. The molecule has 1 unspecified atom stereocenters. The topological polar surface area (TPSA) is 74.6 Å². The average molecular weight is 246 g/mol. The lowest BCUT2D eigenvalue weighted by Gasteiger charge is -2.13. The summed E-state index contributed by atoms with van der Waals surface area (Å²) in [7, 11) is 1.89. The van der Waals surface area contributed by atoms with Crippen molar-refractivity contribution in [1.29, 1.82) is 0 Å². The molecule has 2 rings (SSSR count). The fourth-order valence-corrected chi connectivity index (χ4v) is 1.98. The van der Waals surface area contributed by atoms with E-state index in [9.17, 15) is 0 Å². The van der Waals surface area contributed by atoms with Crippen LogP contribution >= 0.6 is 0 Å². The fourth-order valence-electron chi connectivity index (χ4n) is 1.98. The maximum absolute atomic E-state index is 5.73. The van der Waals surface area contributed by atoms with Gasteiger partial charge in [-0.2, -0.15) is 5.10 Å². The lowest BCUT2D eigenvalue weighted by atomic mass is 10.2. The van der Waals surface area contributed by atoms with E-state index in [1.807, 2.05) is 23.9 Å². The van der Waals surface area contributed by atoms with Crippen molar-refractivity contribution in [2.75, 3.05) is 0 Å². The minimum Gasteiger partial charge on any atom is -0.325 e. The van der Waals surface area contributed by atoms with Gasteiger partial charge < -0.3 is 5.73 Å². The summed E-state index contributed by atoms with van der Waals surface area (Å²) in [6, 6.07) is 2.13. The number of nitrogens with zero attached hydrogens (tertiary/aromatic N) is 5. The molecule has 2 aromatic heterocycles. The standard InChI is InChI=1S/C12H18N6/c1-4-5-9(2)18-12(10(8-13)15-16-18)11-6-7-14-17(11)3/h4,6-7,9H,1,5,8,13H2,2-3H3. The lowest BCUT2D eigenvalue weighted by molar-refractivity contribution is 0.484. The van der Waals surface area contributed by atoms with Crippen LogP contribution in [0.15, 0.2) is 24.9 Å². The van der Waals surface area contributed by atoms with E-state index in [-0.39, 0.29) is 6.04 Å². The molecule has 2 heterocycles. The van der Waals surface area contributed by atoms with Crippen LogP contribution in [0.2, 0.25) is 0 Å². The first-order chi connectivity index (χ1) is 8.69. The Morgan fingerprint density at radius 1 is 1.56 bits per heavy atom. The average Bonchev–Trinajstić information content (AvgIpc) is 2.94. The highest BCUT2D eigenvalue weighted by molar-refractivity contribution is 5.57. The van der Waals surface area contributed by atoms with Gasteiger partial charge in [-0.3, -0.25) is 4.68 Å². The van der Waals surface area contributed by atoms with Crippen LogP contribution in [0, 0.1) is 0 Å². The van der Waals surface area contributed by atoms with E-state index >= 15 is 0 Å². The smallest absolute Gasteiger partial charge is 0.111 e. The molecule has 0 aliphatic heterocycles. The van der Waals surface area contributed by atoms with Crippen LogP contribution < -0.4 is 5.73 Å². The number of rotatable bonds is 5. The summed E-state index contributed by atoms with van der Waals surface area (Å²) < 4.78 is 3.69. The van der Waals surface area contributed by atoms with Gasteiger partial charge in [0.15, 0.2) is 0 Å². The van der Waals surface area contributed by atoms with Crippen molar-refractivity contribution in [3.8, 4) is 11.4 Å². The first-order valence-electron chi connectivity index (χ1n) is 5.92. The molecule has 0 radical (unpaired) electrons. The van der Waals surface area contributed by atoms with Gasteiger partial charge >= 0.3 is 0 Å². The molecule has 0 fully saturated rings. The lowest BCUT2D eigenvalue weighted by Crippen LogP contribution is -2.11. The van der Waals surface area contributed by atoms with E-state index in [0.29, 0.717) is 6.54 Å². The van der Waals surface area contributed by atoms with Gasteiger partial charge in [0, 0.05) is 19.8 Å². The number of hydrogen-bond donors (Lipinski definition) is 1. The summed E-state index contributed by atoms with van der Waals surface area (Å²) in [6.45, 7) is 6.20.